The molecule has 0 fully saturated rings. The molecule has 0 amide bonds. The van der Waals surface area contributed by atoms with Gasteiger partial charge in [-0.2, -0.15) is 0 Å². The van der Waals surface area contributed by atoms with Crippen molar-refractivity contribution in [2.45, 2.75) is 18.9 Å². The zero-order valence-electron chi connectivity index (χ0n) is 7.82. The van der Waals surface area contributed by atoms with Crippen molar-refractivity contribution in [1.29, 1.82) is 0 Å². The van der Waals surface area contributed by atoms with E-state index in [1.165, 1.54) is 11.1 Å². The van der Waals surface area contributed by atoms with Crippen LogP contribution in [0.25, 0.3) is 0 Å². The van der Waals surface area contributed by atoms with Gasteiger partial charge in [-0.3, -0.25) is 0 Å². The van der Waals surface area contributed by atoms with E-state index >= 15 is 0 Å². The van der Waals surface area contributed by atoms with Crippen LogP contribution >= 0.6 is 0 Å². The molecular formula is C11H12NO2-. The van der Waals surface area contributed by atoms with E-state index in [4.69, 9.17) is 0 Å². The van der Waals surface area contributed by atoms with Gasteiger partial charge in [0.1, 0.15) is 0 Å². The minimum absolute atomic E-state index is 0.0569. The third-order valence-electron chi connectivity index (χ3n) is 2.59. The lowest BCUT2D eigenvalue weighted by molar-refractivity contribution is -0.304. The molecule has 1 aliphatic rings. The smallest absolute Gasteiger partial charge is 0.0552 e. The van der Waals surface area contributed by atoms with E-state index in [-0.39, 0.29) is 12.6 Å². The van der Waals surface area contributed by atoms with Crippen molar-refractivity contribution in [3.05, 3.63) is 35.4 Å². The van der Waals surface area contributed by atoms with Crippen LogP contribution in [0.4, 0.5) is 0 Å². The number of carboxylic acids is 1. The van der Waals surface area contributed by atoms with Crippen LogP contribution in [0.2, 0.25) is 0 Å². The molecule has 0 saturated carbocycles. The van der Waals surface area contributed by atoms with Crippen molar-refractivity contribution in [3.63, 3.8) is 0 Å². The number of aliphatic carboxylic acids is 1. The molecule has 0 unspecified atom stereocenters. The zero-order chi connectivity index (χ0) is 9.97. The summed E-state index contributed by atoms with van der Waals surface area (Å²) in [6.07, 6.45) is 1.84. The van der Waals surface area contributed by atoms with Gasteiger partial charge in [0.2, 0.25) is 0 Å². The number of hydrogen-bond donors (Lipinski definition) is 1. The van der Waals surface area contributed by atoms with E-state index < -0.39 is 5.97 Å². The van der Waals surface area contributed by atoms with Gasteiger partial charge in [0.05, 0.1) is 5.97 Å². The topological polar surface area (TPSA) is 52.2 Å². The third-order valence-corrected chi connectivity index (χ3v) is 2.59. The number of carbonyl (C=O) groups is 1. The highest BCUT2D eigenvalue weighted by Gasteiger charge is 2.19. The molecule has 3 heteroatoms. The van der Waals surface area contributed by atoms with Crippen LogP contribution < -0.4 is 10.4 Å². The summed E-state index contributed by atoms with van der Waals surface area (Å²) in [6.45, 7) is -0.0569. The Bertz CT molecular complexity index is 324. The number of carboxylic acid groups (broad SMARTS) is 1. The summed E-state index contributed by atoms with van der Waals surface area (Å²) >= 11 is 0. The monoisotopic (exact) mass is 190 g/mol. The van der Waals surface area contributed by atoms with Gasteiger partial charge in [-0.25, -0.2) is 0 Å². The molecule has 0 spiro atoms. The van der Waals surface area contributed by atoms with Gasteiger partial charge in [0.25, 0.3) is 0 Å². The van der Waals surface area contributed by atoms with Gasteiger partial charge in [0.15, 0.2) is 0 Å². The average molecular weight is 190 g/mol. The number of benzene rings is 1. The summed E-state index contributed by atoms with van der Waals surface area (Å²) in [5.74, 6) is -1.04. The summed E-state index contributed by atoms with van der Waals surface area (Å²) in [7, 11) is 0. The van der Waals surface area contributed by atoms with Crippen LogP contribution in [0.1, 0.15) is 11.1 Å². The summed E-state index contributed by atoms with van der Waals surface area (Å²) in [6, 6.07) is 8.47. The van der Waals surface area contributed by atoms with E-state index in [9.17, 15) is 9.90 Å². The fourth-order valence-electron chi connectivity index (χ4n) is 1.93. The fourth-order valence-corrected chi connectivity index (χ4v) is 1.93. The summed E-state index contributed by atoms with van der Waals surface area (Å²) in [5, 5.41) is 13.2. The maximum absolute atomic E-state index is 10.3. The molecule has 1 aromatic carbocycles. The Hall–Kier alpha value is -1.35. The molecule has 0 bridgehead atoms. The number of rotatable bonds is 3. The molecule has 0 heterocycles. The van der Waals surface area contributed by atoms with Crippen molar-refractivity contribution < 1.29 is 9.90 Å². The highest BCUT2D eigenvalue weighted by Crippen LogP contribution is 2.21. The Morgan fingerprint density at radius 2 is 1.93 bits per heavy atom. The van der Waals surface area contributed by atoms with Crippen LogP contribution in [0.3, 0.4) is 0 Å². The van der Waals surface area contributed by atoms with E-state index in [0.29, 0.717) is 0 Å². The molecule has 0 aromatic heterocycles. The molecule has 1 N–H and O–H groups in total. The number of nitrogens with one attached hydrogen (secondary N) is 1. The van der Waals surface area contributed by atoms with Gasteiger partial charge in [0, 0.05) is 12.6 Å². The first kappa shape index (κ1) is 9.21. The average Bonchev–Trinajstić information content (AvgIpc) is 2.57. The molecular weight excluding hydrogens is 178 g/mol. The van der Waals surface area contributed by atoms with Crippen LogP contribution in [-0.2, 0) is 17.6 Å². The highest BCUT2D eigenvalue weighted by molar-refractivity contribution is 5.66. The van der Waals surface area contributed by atoms with Gasteiger partial charge in [-0.1, -0.05) is 24.3 Å². The van der Waals surface area contributed by atoms with Crippen LogP contribution in [0.5, 0.6) is 0 Å². The lowest BCUT2D eigenvalue weighted by Gasteiger charge is -2.11. The first-order valence-corrected chi connectivity index (χ1v) is 4.75. The summed E-state index contributed by atoms with van der Waals surface area (Å²) < 4.78 is 0. The van der Waals surface area contributed by atoms with Crippen LogP contribution in [-0.4, -0.2) is 18.6 Å². The SMILES string of the molecule is O=C([O-])CNC1Cc2ccccc2C1. The first-order valence-electron chi connectivity index (χ1n) is 4.75. The van der Waals surface area contributed by atoms with Crippen molar-refractivity contribution in [2.75, 3.05) is 6.54 Å². The maximum atomic E-state index is 10.3. The van der Waals surface area contributed by atoms with Gasteiger partial charge in [-0.15, -0.1) is 0 Å². The fraction of sp³-hybridized carbons (Fsp3) is 0.364. The second kappa shape index (κ2) is 3.80. The quantitative estimate of drug-likeness (QED) is 0.698. The first-order chi connectivity index (χ1) is 6.75. The molecule has 74 valence electrons. The van der Waals surface area contributed by atoms with Crippen molar-refractivity contribution >= 4 is 5.97 Å². The molecule has 0 radical (unpaired) electrons. The second-order valence-electron chi connectivity index (χ2n) is 3.63. The van der Waals surface area contributed by atoms with E-state index in [0.717, 1.165) is 12.8 Å². The molecule has 0 aliphatic heterocycles. The Kier molecular flexibility index (Phi) is 2.50. The Morgan fingerprint density at radius 1 is 1.36 bits per heavy atom. The lowest BCUT2D eigenvalue weighted by atomic mass is 10.1. The molecule has 2 rings (SSSR count). The number of carbonyl (C=O) groups excluding carboxylic acids is 1. The predicted molar refractivity (Wildman–Crippen MR) is 50.6 cm³/mol. The van der Waals surface area contributed by atoms with Gasteiger partial charge in [-0.05, 0) is 24.0 Å². The minimum atomic E-state index is -1.04. The largest absolute Gasteiger partial charge is 0.549 e. The van der Waals surface area contributed by atoms with E-state index in [1.54, 1.807) is 0 Å². The Balaban J connectivity index is 1.95. The number of hydrogen-bond acceptors (Lipinski definition) is 3. The van der Waals surface area contributed by atoms with Crippen molar-refractivity contribution in [1.82, 2.24) is 5.32 Å². The predicted octanol–water partition coefficient (Wildman–Crippen LogP) is -0.507. The molecule has 0 atom stereocenters. The van der Waals surface area contributed by atoms with E-state index in [1.807, 2.05) is 12.1 Å². The van der Waals surface area contributed by atoms with E-state index in [2.05, 4.69) is 17.4 Å². The molecule has 1 aliphatic carbocycles. The third kappa shape index (κ3) is 1.93. The maximum Gasteiger partial charge on any atom is 0.0552 e. The molecule has 14 heavy (non-hydrogen) atoms. The highest BCUT2D eigenvalue weighted by atomic mass is 16.4. The molecule has 0 saturated heterocycles. The van der Waals surface area contributed by atoms with Crippen molar-refractivity contribution in [3.8, 4) is 0 Å². The number of fused-ring (bicyclic) bond motifs is 1. The van der Waals surface area contributed by atoms with Gasteiger partial charge < -0.3 is 15.2 Å². The summed E-state index contributed by atoms with van der Waals surface area (Å²) in [5.41, 5.74) is 2.65. The lowest BCUT2D eigenvalue weighted by Crippen LogP contribution is -2.40. The standard InChI is InChI=1S/C11H13NO2/c13-11(14)7-12-10-5-8-3-1-2-4-9(8)6-10/h1-4,10,12H,5-7H2,(H,13,14)/p-1. The molecule has 3 nitrogen and oxygen atoms in total. The normalized spacial score (nSPS) is 15.4. The Labute approximate surface area is 82.8 Å². The zero-order valence-corrected chi connectivity index (χ0v) is 7.82. The second-order valence-corrected chi connectivity index (χ2v) is 3.63. The van der Waals surface area contributed by atoms with Crippen molar-refractivity contribution in [2.24, 2.45) is 0 Å². The van der Waals surface area contributed by atoms with Gasteiger partial charge >= 0.3 is 0 Å². The minimum Gasteiger partial charge on any atom is -0.549 e. The Morgan fingerprint density at radius 3 is 2.43 bits per heavy atom. The van der Waals surface area contributed by atoms with Crippen LogP contribution in [0, 0.1) is 0 Å². The van der Waals surface area contributed by atoms with Crippen LogP contribution in [0.15, 0.2) is 24.3 Å². The summed E-state index contributed by atoms with van der Waals surface area (Å²) in [4.78, 5) is 10.3. The molecule has 1 aromatic rings.